The van der Waals surface area contributed by atoms with Gasteiger partial charge in [0.05, 0.1) is 6.61 Å². The third kappa shape index (κ3) is 3.97. The van der Waals surface area contributed by atoms with Gasteiger partial charge in [-0.3, -0.25) is 9.59 Å². The van der Waals surface area contributed by atoms with E-state index in [2.05, 4.69) is 5.32 Å². The van der Waals surface area contributed by atoms with Crippen LogP contribution in [0.2, 0.25) is 0 Å². The van der Waals surface area contributed by atoms with Gasteiger partial charge in [-0.1, -0.05) is 0 Å². The second kappa shape index (κ2) is 6.12. The molecule has 0 aliphatic heterocycles. The van der Waals surface area contributed by atoms with Crippen molar-refractivity contribution in [2.75, 3.05) is 19.0 Å². The number of hydrogen-bond donors (Lipinski definition) is 2. The van der Waals surface area contributed by atoms with Crippen molar-refractivity contribution in [3.8, 4) is 0 Å². The Morgan fingerprint density at radius 2 is 1.94 bits per heavy atom. The first-order valence-corrected chi connectivity index (χ1v) is 5.21. The number of rotatable bonds is 5. The highest BCUT2D eigenvalue weighted by Gasteiger charge is 2.12. The van der Waals surface area contributed by atoms with Gasteiger partial charge in [-0.2, -0.15) is 0 Å². The van der Waals surface area contributed by atoms with Gasteiger partial charge in [0.1, 0.15) is 6.04 Å². The first kappa shape index (κ1) is 13.3. The van der Waals surface area contributed by atoms with Crippen LogP contribution < -0.4 is 11.1 Å². The van der Waals surface area contributed by atoms with E-state index in [0.29, 0.717) is 11.3 Å². The van der Waals surface area contributed by atoms with Crippen molar-refractivity contribution >= 4 is 17.4 Å². The van der Waals surface area contributed by atoms with Crippen molar-refractivity contribution in [1.29, 1.82) is 0 Å². The SMILES string of the molecule is COCC(N)C(=O)Nc1ccc(C(C)=O)cc1. The van der Waals surface area contributed by atoms with Crippen LogP contribution in [0, 0.1) is 0 Å². The van der Waals surface area contributed by atoms with Gasteiger partial charge in [0.2, 0.25) is 5.91 Å². The molecule has 0 saturated heterocycles. The number of ether oxygens (including phenoxy) is 1. The van der Waals surface area contributed by atoms with Crippen molar-refractivity contribution in [2.45, 2.75) is 13.0 Å². The second-order valence-corrected chi connectivity index (χ2v) is 3.68. The second-order valence-electron chi connectivity index (χ2n) is 3.68. The number of methoxy groups -OCH3 is 1. The summed E-state index contributed by atoms with van der Waals surface area (Å²) in [4.78, 5) is 22.6. The molecule has 0 spiro atoms. The fraction of sp³-hybridized carbons (Fsp3) is 0.333. The smallest absolute Gasteiger partial charge is 0.243 e. The minimum absolute atomic E-state index is 0.0149. The molecule has 0 radical (unpaired) electrons. The van der Waals surface area contributed by atoms with Crippen molar-refractivity contribution in [1.82, 2.24) is 0 Å². The highest BCUT2D eigenvalue weighted by Crippen LogP contribution is 2.10. The average Bonchev–Trinajstić information content (AvgIpc) is 2.30. The maximum atomic E-state index is 11.5. The van der Waals surface area contributed by atoms with Gasteiger partial charge in [0.15, 0.2) is 5.78 Å². The van der Waals surface area contributed by atoms with Crippen LogP contribution in [-0.4, -0.2) is 31.4 Å². The van der Waals surface area contributed by atoms with E-state index in [0.717, 1.165) is 0 Å². The molecule has 1 unspecified atom stereocenters. The number of nitrogens with one attached hydrogen (secondary N) is 1. The molecule has 1 amide bonds. The van der Waals surface area contributed by atoms with Crippen LogP contribution in [0.25, 0.3) is 0 Å². The molecule has 1 atom stereocenters. The molecule has 1 rings (SSSR count). The number of amides is 1. The van der Waals surface area contributed by atoms with Crippen LogP contribution in [0.15, 0.2) is 24.3 Å². The van der Waals surface area contributed by atoms with Crippen molar-refractivity contribution in [2.24, 2.45) is 5.73 Å². The number of Topliss-reactive ketones (excluding diaryl/α,β-unsaturated/α-hetero) is 1. The Morgan fingerprint density at radius 1 is 1.35 bits per heavy atom. The van der Waals surface area contributed by atoms with E-state index in [1.54, 1.807) is 24.3 Å². The van der Waals surface area contributed by atoms with Gasteiger partial charge in [-0.25, -0.2) is 0 Å². The summed E-state index contributed by atoms with van der Waals surface area (Å²) in [6, 6.07) is 5.93. The summed E-state index contributed by atoms with van der Waals surface area (Å²) in [5, 5.41) is 2.64. The molecule has 0 fully saturated rings. The van der Waals surface area contributed by atoms with E-state index in [1.165, 1.54) is 14.0 Å². The van der Waals surface area contributed by atoms with E-state index < -0.39 is 6.04 Å². The Morgan fingerprint density at radius 3 is 2.41 bits per heavy atom. The number of hydrogen-bond acceptors (Lipinski definition) is 4. The zero-order chi connectivity index (χ0) is 12.8. The van der Waals surface area contributed by atoms with E-state index in [1.807, 2.05) is 0 Å². The molecule has 5 heteroatoms. The Labute approximate surface area is 99.9 Å². The van der Waals surface area contributed by atoms with E-state index >= 15 is 0 Å². The van der Waals surface area contributed by atoms with Crippen LogP contribution in [0.4, 0.5) is 5.69 Å². The predicted molar refractivity (Wildman–Crippen MR) is 64.9 cm³/mol. The third-order valence-corrected chi connectivity index (χ3v) is 2.24. The minimum Gasteiger partial charge on any atom is -0.383 e. The molecule has 1 aromatic carbocycles. The third-order valence-electron chi connectivity index (χ3n) is 2.24. The van der Waals surface area contributed by atoms with Crippen LogP contribution >= 0.6 is 0 Å². The molecule has 5 nitrogen and oxygen atoms in total. The lowest BCUT2D eigenvalue weighted by atomic mass is 10.1. The quantitative estimate of drug-likeness (QED) is 0.741. The Kier molecular flexibility index (Phi) is 4.81. The Balaban J connectivity index is 2.63. The zero-order valence-corrected chi connectivity index (χ0v) is 9.90. The Hall–Kier alpha value is -1.72. The lowest BCUT2D eigenvalue weighted by Crippen LogP contribution is -2.39. The zero-order valence-electron chi connectivity index (χ0n) is 9.90. The summed E-state index contributed by atoms with van der Waals surface area (Å²) in [5.74, 6) is -0.332. The molecular formula is C12H16N2O3. The van der Waals surface area contributed by atoms with Gasteiger partial charge in [0, 0.05) is 18.4 Å². The normalized spacial score (nSPS) is 11.9. The lowest BCUT2D eigenvalue weighted by Gasteiger charge is -2.11. The monoisotopic (exact) mass is 236 g/mol. The van der Waals surface area contributed by atoms with Gasteiger partial charge < -0.3 is 15.8 Å². The average molecular weight is 236 g/mol. The molecule has 0 heterocycles. The summed E-state index contributed by atoms with van der Waals surface area (Å²) in [6.45, 7) is 1.65. The Bertz CT molecular complexity index is 401. The molecule has 1 aromatic rings. The van der Waals surface area contributed by atoms with Crippen LogP contribution in [0.3, 0.4) is 0 Å². The highest BCUT2D eigenvalue weighted by molar-refractivity contribution is 5.97. The fourth-order valence-corrected chi connectivity index (χ4v) is 1.28. The fourth-order valence-electron chi connectivity index (χ4n) is 1.28. The number of nitrogens with two attached hydrogens (primary N) is 1. The van der Waals surface area contributed by atoms with Crippen LogP contribution in [-0.2, 0) is 9.53 Å². The molecule has 0 bridgehead atoms. The summed E-state index contributed by atoms with van der Waals surface area (Å²) in [5.41, 5.74) is 6.77. The molecule has 0 aromatic heterocycles. The number of anilines is 1. The minimum atomic E-state index is -0.701. The number of carbonyl (C=O) groups excluding carboxylic acids is 2. The summed E-state index contributed by atoms with van der Waals surface area (Å²) < 4.78 is 4.78. The molecule has 3 N–H and O–H groups in total. The first-order valence-electron chi connectivity index (χ1n) is 5.21. The largest absolute Gasteiger partial charge is 0.383 e. The molecule has 17 heavy (non-hydrogen) atoms. The summed E-state index contributed by atoms with van der Waals surface area (Å²) in [7, 11) is 1.48. The van der Waals surface area contributed by atoms with E-state index in [-0.39, 0.29) is 18.3 Å². The van der Waals surface area contributed by atoms with Crippen LogP contribution in [0.5, 0.6) is 0 Å². The van der Waals surface area contributed by atoms with E-state index in [9.17, 15) is 9.59 Å². The van der Waals surface area contributed by atoms with Crippen LogP contribution in [0.1, 0.15) is 17.3 Å². The maximum absolute atomic E-state index is 11.5. The molecule has 92 valence electrons. The maximum Gasteiger partial charge on any atom is 0.243 e. The first-order chi connectivity index (χ1) is 8.04. The van der Waals surface area contributed by atoms with Gasteiger partial charge in [0.25, 0.3) is 0 Å². The number of benzene rings is 1. The molecule has 0 saturated carbocycles. The van der Waals surface area contributed by atoms with Crippen molar-refractivity contribution < 1.29 is 14.3 Å². The van der Waals surface area contributed by atoms with Gasteiger partial charge in [-0.05, 0) is 31.2 Å². The summed E-state index contributed by atoms with van der Waals surface area (Å²) in [6.07, 6.45) is 0. The molecule has 0 aliphatic carbocycles. The standard InChI is InChI=1S/C12H16N2O3/c1-8(15)9-3-5-10(6-4-9)14-12(16)11(13)7-17-2/h3-6,11H,7,13H2,1-2H3,(H,14,16). The number of ketones is 1. The van der Waals surface area contributed by atoms with Crippen molar-refractivity contribution in [3.05, 3.63) is 29.8 Å². The lowest BCUT2D eigenvalue weighted by molar-refractivity contribution is -0.118. The molecule has 0 aliphatic rings. The van der Waals surface area contributed by atoms with Gasteiger partial charge in [-0.15, -0.1) is 0 Å². The predicted octanol–water partition coefficient (Wildman–Crippen LogP) is 0.801. The van der Waals surface area contributed by atoms with Crippen molar-refractivity contribution in [3.63, 3.8) is 0 Å². The van der Waals surface area contributed by atoms with Gasteiger partial charge >= 0.3 is 0 Å². The topological polar surface area (TPSA) is 81.4 Å². The highest BCUT2D eigenvalue weighted by atomic mass is 16.5. The summed E-state index contributed by atoms with van der Waals surface area (Å²) >= 11 is 0. The number of carbonyl (C=O) groups is 2. The van der Waals surface area contributed by atoms with E-state index in [4.69, 9.17) is 10.5 Å². The molecular weight excluding hydrogens is 220 g/mol.